The number of nitrogen functional groups attached to an aromatic ring is 1. The fourth-order valence-corrected chi connectivity index (χ4v) is 1.88. The van der Waals surface area contributed by atoms with Gasteiger partial charge in [0.2, 0.25) is 5.91 Å². The van der Waals surface area contributed by atoms with Crippen molar-refractivity contribution in [2.24, 2.45) is 0 Å². The topological polar surface area (TPSA) is 67.2 Å². The van der Waals surface area contributed by atoms with Crippen LogP contribution in [0, 0.1) is 6.92 Å². The molecule has 0 bridgehead atoms. The van der Waals surface area contributed by atoms with Crippen molar-refractivity contribution < 1.29 is 4.79 Å². The maximum absolute atomic E-state index is 11.5. The Morgan fingerprint density at radius 1 is 1.47 bits per heavy atom. The summed E-state index contributed by atoms with van der Waals surface area (Å²) in [6.45, 7) is 6.05. The summed E-state index contributed by atoms with van der Waals surface area (Å²) in [5.74, 6) is -0.0265. The minimum atomic E-state index is -0.0265. The predicted molar refractivity (Wildman–Crippen MR) is 75.1 cm³/mol. The Bertz CT molecular complexity index is 418. The third-order valence-electron chi connectivity index (χ3n) is 2.24. The first-order valence-corrected chi connectivity index (χ1v) is 6.28. The first-order valence-electron chi connectivity index (χ1n) is 5.49. The molecule has 94 valence electrons. The van der Waals surface area contributed by atoms with Crippen molar-refractivity contribution in [2.45, 2.75) is 26.8 Å². The summed E-state index contributed by atoms with van der Waals surface area (Å²) in [5, 5.41) is 5.89. The van der Waals surface area contributed by atoms with Crippen molar-refractivity contribution in [3.63, 3.8) is 0 Å². The number of nitrogens with one attached hydrogen (secondary N) is 2. The molecule has 4 nitrogen and oxygen atoms in total. The number of halogens is 1. The van der Waals surface area contributed by atoms with Crippen LogP contribution in [0.5, 0.6) is 0 Å². The summed E-state index contributed by atoms with van der Waals surface area (Å²) in [7, 11) is 0. The highest BCUT2D eigenvalue weighted by Crippen LogP contribution is 2.27. The summed E-state index contributed by atoms with van der Waals surface area (Å²) >= 11 is 3.41. The molecule has 0 heterocycles. The maximum atomic E-state index is 11.5. The summed E-state index contributed by atoms with van der Waals surface area (Å²) in [4.78, 5) is 11.5. The zero-order valence-corrected chi connectivity index (χ0v) is 11.9. The van der Waals surface area contributed by atoms with Gasteiger partial charge in [-0.1, -0.05) is 0 Å². The number of nitrogens with two attached hydrogens (primary N) is 1. The molecule has 0 fully saturated rings. The van der Waals surface area contributed by atoms with Gasteiger partial charge in [-0.25, -0.2) is 0 Å². The number of carbonyl (C=O) groups is 1. The minimum absolute atomic E-state index is 0.0265. The lowest BCUT2D eigenvalue weighted by atomic mass is 10.2. The number of hydrogen-bond acceptors (Lipinski definition) is 3. The fourth-order valence-electron chi connectivity index (χ4n) is 1.38. The van der Waals surface area contributed by atoms with Crippen LogP contribution in [0.25, 0.3) is 0 Å². The van der Waals surface area contributed by atoms with E-state index in [4.69, 9.17) is 5.73 Å². The van der Waals surface area contributed by atoms with Crippen LogP contribution in [0.2, 0.25) is 0 Å². The Hall–Kier alpha value is -1.23. The average molecular weight is 300 g/mol. The normalized spacial score (nSPS) is 10.4. The first kappa shape index (κ1) is 13.8. The number of carbonyl (C=O) groups excluding carboxylic acids is 1. The van der Waals surface area contributed by atoms with Crippen molar-refractivity contribution in [1.29, 1.82) is 0 Å². The molecule has 0 saturated carbocycles. The Labute approximate surface area is 110 Å². The lowest BCUT2D eigenvalue weighted by Gasteiger charge is -2.12. The molecule has 0 atom stereocenters. The quantitative estimate of drug-likeness (QED) is 0.747. The van der Waals surface area contributed by atoms with Crippen molar-refractivity contribution in [2.75, 3.05) is 17.6 Å². The molecular weight excluding hydrogens is 282 g/mol. The largest absolute Gasteiger partial charge is 0.398 e. The molecular formula is C12H18BrN3O. The van der Waals surface area contributed by atoms with E-state index in [-0.39, 0.29) is 18.5 Å². The molecule has 4 N–H and O–H groups in total. The van der Waals surface area contributed by atoms with Gasteiger partial charge in [0.05, 0.1) is 6.54 Å². The van der Waals surface area contributed by atoms with Gasteiger partial charge in [0.15, 0.2) is 0 Å². The van der Waals surface area contributed by atoms with Crippen LogP contribution >= 0.6 is 15.9 Å². The van der Waals surface area contributed by atoms with Gasteiger partial charge in [0.1, 0.15) is 0 Å². The SMILES string of the molecule is Cc1cc(NCC(=O)NC(C)C)c(Br)cc1N. The van der Waals surface area contributed by atoms with Gasteiger partial charge in [0, 0.05) is 21.9 Å². The molecule has 5 heteroatoms. The zero-order valence-electron chi connectivity index (χ0n) is 10.3. The molecule has 0 aliphatic carbocycles. The Balaban J connectivity index is 2.63. The van der Waals surface area contributed by atoms with Crippen LogP contribution < -0.4 is 16.4 Å². The lowest BCUT2D eigenvalue weighted by molar-refractivity contribution is -0.119. The summed E-state index contributed by atoms with van der Waals surface area (Å²) < 4.78 is 0.859. The highest BCUT2D eigenvalue weighted by molar-refractivity contribution is 9.10. The summed E-state index contributed by atoms with van der Waals surface area (Å²) in [6.07, 6.45) is 0. The number of rotatable bonds is 4. The van der Waals surface area contributed by atoms with E-state index in [9.17, 15) is 4.79 Å². The van der Waals surface area contributed by atoms with Crippen LogP contribution in [-0.4, -0.2) is 18.5 Å². The minimum Gasteiger partial charge on any atom is -0.398 e. The molecule has 0 unspecified atom stereocenters. The van der Waals surface area contributed by atoms with Gasteiger partial charge in [0.25, 0.3) is 0 Å². The van der Waals surface area contributed by atoms with E-state index in [0.717, 1.165) is 21.4 Å². The van der Waals surface area contributed by atoms with E-state index in [2.05, 4.69) is 26.6 Å². The van der Waals surface area contributed by atoms with Crippen molar-refractivity contribution in [3.8, 4) is 0 Å². The lowest BCUT2D eigenvalue weighted by Crippen LogP contribution is -2.34. The van der Waals surface area contributed by atoms with E-state index in [1.165, 1.54) is 0 Å². The van der Waals surface area contributed by atoms with Crippen molar-refractivity contribution in [3.05, 3.63) is 22.2 Å². The van der Waals surface area contributed by atoms with Gasteiger partial charge < -0.3 is 16.4 Å². The second kappa shape index (κ2) is 5.91. The van der Waals surface area contributed by atoms with E-state index >= 15 is 0 Å². The van der Waals surface area contributed by atoms with E-state index in [1.807, 2.05) is 32.9 Å². The molecule has 17 heavy (non-hydrogen) atoms. The number of benzene rings is 1. The predicted octanol–water partition coefficient (Wildman–Crippen LogP) is 2.28. The second-order valence-electron chi connectivity index (χ2n) is 4.26. The molecule has 1 aromatic rings. The Morgan fingerprint density at radius 2 is 2.12 bits per heavy atom. The molecule has 1 rings (SSSR count). The number of aryl methyl sites for hydroxylation is 1. The standard InChI is InChI=1S/C12H18BrN3O/c1-7(2)16-12(17)6-15-11-4-8(3)10(14)5-9(11)13/h4-5,7,15H,6,14H2,1-3H3,(H,16,17). The fraction of sp³-hybridized carbons (Fsp3) is 0.417. The van der Waals surface area contributed by atoms with E-state index < -0.39 is 0 Å². The van der Waals surface area contributed by atoms with Gasteiger partial charge in [-0.05, 0) is 54.4 Å². The molecule has 0 spiro atoms. The highest BCUT2D eigenvalue weighted by Gasteiger charge is 2.06. The summed E-state index contributed by atoms with van der Waals surface area (Å²) in [5.41, 5.74) is 8.36. The monoisotopic (exact) mass is 299 g/mol. The van der Waals surface area contributed by atoms with Crippen LogP contribution in [0.15, 0.2) is 16.6 Å². The van der Waals surface area contributed by atoms with Gasteiger partial charge in [-0.15, -0.1) is 0 Å². The van der Waals surface area contributed by atoms with Crippen LogP contribution in [0.4, 0.5) is 11.4 Å². The third-order valence-corrected chi connectivity index (χ3v) is 2.90. The van der Waals surface area contributed by atoms with Gasteiger partial charge in [-0.3, -0.25) is 4.79 Å². The molecule has 0 aromatic heterocycles. The summed E-state index contributed by atoms with van der Waals surface area (Å²) in [6, 6.07) is 3.90. The number of amides is 1. The van der Waals surface area contributed by atoms with Crippen LogP contribution in [0.1, 0.15) is 19.4 Å². The molecule has 0 aliphatic heterocycles. The van der Waals surface area contributed by atoms with Gasteiger partial charge in [-0.2, -0.15) is 0 Å². The van der Waals surface area contributed by atoms with E-state index in [1.54, 1.807) is 0 Å². The molecule has 0 saturated heterocycles. The number of hydrogen-bond donors (Lipinski definition) is 3. The smallest absolute Gasteiger partial charge is 0.239 e. The third kappa shape index (κ3) is 4.26. The zero-order chi connectivity index (χ0) is 13.0. The molecule has 1 amide bonds. The van der Waals surface area contributed by atoms with Crippen LogP contribution in [0.3, 0.4) is 0 Å². The number of anilines is 2. The van der Waals surface area contributed by atoms with Gasteiger partial charge >= 0.3 is 0 Å². The first-order chi connectivity index (χ1) is 7.90. The highest BCUT2D eigenvalue weighted by atomic mass is 79.9. The average Bonchev–Trinajstić information content (AvgIpc) is 2.20. The van der Waals surface area contributed by atoms with Crippen molar-refractivity contribution >= 4 is 33.2 Å². The molecule has 0 radical (unpaired) electrons. The second-order valence-corrected chi connectivity index (χ2v) is 5.12. The van der Waals surface area contributed by atoms with E-state index in [0.29, 0.717) is 0 Å². The Kier molecular flexibility index (Phi) is 4.81. The van der Waals surface area contributed by atoms with Crippen LogP contribution in [-0.2, 0) is 4.79 Å². The van der Waals surface area contributed by atoms with Crippen molar-refractivity contribution in [1.82, 2.24) is 5.32 Å². The maximum Gasteiger partial charge on any atom is 0.239 e. The molecule has 1 aromatic carbocycles. The Morgan fingerprint density at radius 3 is 2.71 bits per heavy atom. The molecule has 0 aliphatic rings.